The fraction of sp³-hybridized carbons (Fsp3) is 0.417. The molecule has 178 valence electrons. The first kappa shape index (κ1) is 22.1. The van der Waals surface area contributed by atoms with Crippen LogP contribution in [0.3, 0.4) is 0 Å². The second-order valence-electron chi connectivity index (χ2n) is 9.55. The van der Waals surface area contributed by atoms with Crippen molar-refractivity contribution in [1.82, 2.24) is 30.4 Å². The van der Waals surface area contributed by atoms with Gasteiger partial charge in [-0.1, -0.05) is 0 Å². The highest BCUT2D eigenvalue weighted by Gasteiger charge is 2.37. The summed E-state index contributed by atoms with van der Waals surface area (Å²) in [4.78, 5) is 14.7. The Morgan fingerprint density at radius 2 is 1.97 bits per heavy atom. The van der Waals surface area contributed by atoms with Crippen LogP contribution < -0.4 is 19.5 Å². The van der Waals surface area contributed by atoms with Gasteiger partial charge in [0.15, 0.2) is 17.3 Å². The third-order valence-electron chi connectivity index (χ3n) is 6.00. The lowest BCUT2D eigenvalue weighted by Gasteiger charge is -2.34. The number of ether oxygens (including phenoxy) is 3. The van der Waals surface area contributed by atoms with Crippen LogP contribution >= 0.6 is 0 Å². The Kier molecular flexibility index (Phi) is 5.40. The molecule has 0 fully saturated rings. The summed E-state index contributed by atoms with van der Waals surface area (Å²) in [5, 5.41) is 15.6. The average molecular weight is 465 g/mol. The van der Waals surface area contributed by atoms with Crippen LogP contribution in [0.25, 0.3) is 5.69 Å². The van der Waals surface area contributed by atoms with Crippen molar-refractivity contribution in [2.45, 2.75) is 38.8 Å². The Bertz CT molecular complexity index is 1230. The molecule has 2 aromatic carbocycles. The fourth-order valence-corrected chi connectivity index (χ4v) is 4.47. The zero-order valence-corrected chi connectivity index (χ0v) is 20.0. The first-order chi connectivity index (χ1) is 16.3. The molecule has 2 aliphatic rings. The van der Waals surface area contributed by atoms with Gasteiger partial charge in [0.2, 0.25) is 12.5 Å². The van der Waals surface area contributed by atoms with E-state index in [1.807, 2.05) is 46.0 Å². The van der Waals surface area contributed by atoms with E-state index in [4.69, 9.17) is 14.2 Å². The molecule has 0 saturated carbocycles. The van der Waals surface area contributed by atoms with Crippen LogP contribution in [0.5, 0.6) is 17.2 Å². The quantitative estimate of drug-likeness (QED) is 0.628. The number of fused-ring (bicyclic) bond motifs is 2. The van der Waals surface area contributed by atoms with Crippen LogP contribution in [0.4, 0.5) is 0 Å². The number of methoxy groups -OCH3 is 1. The van der Waals surface area contributed by atoms with Crippen molar-refractivity contribution in [1.29, 1.82) is 0 Å². The monoisotopic (exact) mass is 464 g/mol. The zero-order valence-electron chi connectivity index (χ0n) is 20.0. The third-order valence-corrected chi connectivity index (χ3v) is 6.00. The van der Waals surface area contributed by atoms with Gasteiger partial charge in [0, 0.05) is 23.2 Å². The van der Waals surface area contributed by atoms with Gasteiger partial charge in [-0.05, 0) is 80.6 Å². The minimum Gasteiger partial charge on any atom is -0.492 e. The van der Waals surface area contributed by atoms with Crippen molar-refractivity contribution in [3.8, 4) is 22.9 Å². The Balaban J connectivity index is 1.54. The van der Waals surface area contributed by atoms with Crippen molar-refractivity contribution >= 4 is 5.91 Å². The first-order valence-electron chi connectivity index (χ1n) is 11.2. The Hall–Kier alpha value is -3.66. The van der Waals surface area contributed by atoms with E-state index in [1.165, 1.54) is 0 Å². The number of carbonyl (C=O) groups excluding carboxylic acids is 1. The number of tetrazole rings is 1. The van der Waals surface area contributed by atoms with E-state index in [9.17, 15) is 4.79 Å². The van der Waals surface area contributed by atoms with Crippen LogP contribution in [0.1, 0.15) is 54.1 Å². The summed E-state index contributed by atoms with van der Waals surface area (Å²) in [6, 6.07) is 9.01. The van der Waals surface area contributed by atoms with Gasteiger partial charge in [-0.15, -0.1) is 5.10 Å². The lowest BCUT2D eigenvalue weighted by atomic mass is 9.90. The van der Waals surface area contributed by atoms with Crippen LogP contribution in [0.2, 0.25) is 0 Å². The van der Waals surface area contributed by atoms with E-state index in [0.717, 1.165) is 29.8 Å². The fourth-order valence-electron chi connectivity index (χ4n) is 4.47. The minimum absolute atomic E-state index is 0.127. The lowest BCUT2D eigenvalue weighted by molar-refractivity contribution is 0.0919. The van der Waals surface area contributed by atoms with Crippen LogP contribution in [0, 0.1) is 0 Å². The molecule has 3 aromatic rings. The van der Waals surface area contributed by atoms with Gasteiger partial charge in [-0.25, -0.2) is 0 Å². The number of likely N-dealkylation sites (N-methyl/N-ethyl adjacent to an activating group) is 1. The molecule has 0 saturated heterocycles. The summed E-state index contributed by atoms with van der Waals surface area (Å²) in [6.07, 6.45) is 0.842. The zero-order chi connectivity index (χ0) is 24.0. The number of hydrogen-bond acceptors (Lipinski definition) is 8. The number of hydrogen-bond donors (Lipinski definition) is 1. The molecule has 10 heteroatoms. The highest BCUT2D eigenvalue weighted by atomic mass is 16.7. The molecule has 0 aliphatic carbocycles. The Labute approximate surface area is 197 Å². The third kappa shape index (κ3) is 3.83. The second-order valence-corrected chi connectivity index (χ2v) is 9.55. The summed E-state index contributed by atoms with van der Waals surface area (Å²) >= 11 is 0. The van der Waals surface area contributed by atoms with E-state index >= 15 is 0 Å². The normalized spacial score (nSPS) is 17.4. The largest absolute Gasteiger partial charge is 0.492 e. The minimum atomic E-state index is -0.314. The molecule has 1 aromatic heterocycles. The molecule has 3 heterocycles. The molecule has 1 atom stereocenters. The number of aromatic nitrogens is 4. The molecule has 0 radical (unpaired) electrons. The number of nitrogens with zero attached hydrogens (tertiary/aromatic N) is 5. The summed E-state index contributed by atoms with van der Waals surface area (Å²) < 4.78 is 18.8. The molecule has 5 rings (SSSR count). The van der Waals surface area contributed by atoms with Crippen molar-refractivity contribution in [3.63, 3.8) is 0 Å². The lowest BCUT2D eigenvalue weighted by Crippen LogP contribution is -2.40. The maximum Gasteiger partial charge on any atom is 0.251 e. The van der Waals surface area contributed by atoms with Gasteiger partial charge in [-0.2, -0.15) is 4.68 Å². The van der Waals surface area contributed by atoms with Crippen molar-refractivity contribution in [3.05, 3.63) is 52.8 Å². The molecule has 10 nitrogen and oxygen atoms in total. The van der Waals surface area contributed by atoms with Gasteiger partial charge >= 0.3 is 0 Å². The van der Waals surface area contributed by atoms with Gasteiger partial charge in [0.25, 0.3) is 5.91 Å². The predicted molar refractivity (Wildman–Crippen MR) is 124 cm³/mol. The molecule has 2 aliphatic heterocycles. The van der Waals surface area contributed by atoms with E-state index in [-0.39, 0.29) is 24.3 Å². The summed E-state index contributed by atoms with van der Waals surface area (Å²) in [6.45, 7) is 6.84. The maximum atomic E-state index is 12.5. The summed E-state index contributed by atoms with van der Waals surface area (Å²) in [5.74, 6) is 2.47. The van der Waals surface area contributed by atoms with Crippen molar-refractivity contribution in [2.75, 3.05) is 27.5 Å². The van der Waals surface area contributed by atoms with Gasteiger partial charge in [0.05, 0.1) is 12.8 Å². The number of carbonyl (C=O) groups is 1. The van der Waals surface area contributed by atoms with Gasteiger partial charge in [-0.3, -0.25) is 9.69 Å². The molecule has 1 N–H and O–H groups in total. The van der Waals surface area contributed by atoms with Crippen LogP contribution in [-0.2, 0) is 6.42 Å². The Morgan fingerprint density at radius 1 is 1.21 bits per heavy atom. The highest BCUT2D eigenvalue weighted by molar-refractivity contribution is 5.94. The van der Waals surface area contributed by atoms with Gasteiger partial charge < -0.3 is 19.5 Å². The number of amides is 1. The molecule has 1 unspecified atom stereocenters. The van der Waals surface area contributed by atoms with Crippen molar-refractivity contribution < 1.29 is 19.0 Å². The van der Waals surface area contributed by atoms with Crippen LogP contribution in [0.15, 0.2) is 30.3 Å². The molecule has 0 spiro atoms. The summed E-state index contributed by atoms with van der Waals surface area (Å²) in [7, 11) is 3.67. The van der Waals surface area contributed by atoms with E-state index in [2.05, 4.69) is 25.7 Å². The highest BCUT2D eigenvalue weighted by Crippen LogP contribution is 2.50. The first-order valence-corrected chi connectivity index (χ1v) is 11.2. The van der Waals surface area contributed by atoms with E-state index in [1.54, 1.807) is 23.9 Å². The predicted octanol–water partition coefficient (Wildman–Crippen LogP) is 2.51. The van der Waals surface area contributed by atoms with Gasteiger partial charge in [0.1, 0.15) is 6.04 Å². The molecular weight excluding hydrogens is 436 g/mol. The van der Waals surface area contributed by atoms with E-state index in [0.29, 0.717) is 28.6 Å². The van der Waals surface area contributed by atoms with Crippen LogP contribution in [-0.4, -0.2) is 64.0 Å². The molecular formula is C24H28N6O4. The maximum absolute atomic E-state index is 12.5. The summed E-state index contributed by atoms with van der Waals surface area (Å²) in [5.41, 5.74) is 3.10. The number of rotatable bonds is 4. The average Bonchev–Trinajstić information content (AvgIpc) is 3.46. The number of nitrogens with one attached hydrogen (secondary N) is 1. The molecule has 1 amide bonds. The SMILES string of the molecule is COc1c2c(cc3c1C(c1nnnn1-c1ccc(C(=O)NC(C)(C)C)cc1)N(C)CC3)OCO2. The standard InChI is InChI=1S/C24H28N6O4/c1-24(2,3)25-23(31)14-6-8-16(9-7-14)30-22(26-27-28-30)19-18-15(10-11-29(19)4)12-17-20(21(18)32-5)34-13-33-17/h6-9,12,19H,10-11,13H2,1-5H3,(H,25,31). The number of benzene rings is 2. The second kappa shape index (κ2) is 8.28. The van der Waals surface area contributed by atoms with Crippen molar-refractivity contribution in [2.24, 2.45) is 0 Å². The Morgan fingerprint density at radius 3 is 2.68 bits per heavy atom. The topological polar surface area (TPSA) is 104 Å². The molecule has 0 bridgehead atoms. The smallest absolute Gasteiger partial charge is 0.251 e. The van der Waals surface area contributed by atoms with E-state index < -0.39 is 0 Å². The molecule has 34 heavy (non-hydrogen) atoms.